The van der Waals surface area contributed by atoms with Crippen LogP contribution in [0.2, 0.25) is 0 Å². The molecular weight excluding hydrogens is 328 g/mol. The first kappa shape index (κ1) is 16.5. The molecule has 0 bridgehead atoms. The Kier molecular flexibility index (Phi) is 5.97. The normalized spacial score (nSPS) is 10.6. The van der Waals surface area contributed by atoms with Gasteiger partial charge in [-0.25, -0.2) is 0 Å². The number of carboxylic acid groups (broad SMARTS) is 1. The molecule has 2 N–H and O–H groups in total. The number of amides is 1. The van der Waals surface area contributed by atoms with Gasteiger partial charge in [-0.2, -0.15) is 0 Å². The molecule has 0 spiro atoms. The van der Waals surface area contributed by atoms with E-state index in [2.05, 4.69) is 15.9 Å². The van der Waals surface area contributed by atoms with Crippen LogP contribution in [0.15, 0.2) is 22.7 Å². The Morgan fingerprint density at radius 3 is 2.40 bits per heavy atom. The number of likely N-dealkylation sites (N-methyl/N-ethyl adjacent to an activating group) is 1. The average molecular weight is 345 g/mol. The molecular formula is C13H17BrN2O4. The van der Waals surface area contributed by atoms with E-state index in [0.717, 1.165) is 0 Å². The quantitative estimate of drug-likeness (QED) is 0.811. The number of aromatic hydroxyl groups is 1. The first-order chi connectivity index (χ1) is 9.31. The van der Waals surface area contributed by atoms with Crippen LogP contribution >= 0.6 is 15.9 Å². The van der Waals surface area contributed by atoms with E-state index >= 15 is 0 Å². The molecule has 0 aliphatic rings. The molecule has 0 unspecified atom stereocenters. The number of benzene rings is 1. The third kappa shape index (κ3) is 4.82. The fourth-order valence-corrected chi connectivity index (χ4v) is 1.81. The van der Waals surface area contributed by atoms with E-state index in [1.807, 2.05) is 19.0 Å². The van der Waals surface area contributed by atoms with Crippen molar-refractivity contribution in [2.45, 2.75) is 0 Å². The second-order valence-corrected chi connectivity index (χ2v) is 5.44. The van der Waals surface area contributed by atoms with Crippen molar-refractivity contribution in [3.63, 3.8) is 0 Å². The van der Waals surface area contributed by atoms with Gasteiger partial charge in [0.2, 0.25) is 0 Å². The summed E-state index contributed by atoms with van der Waals surface area (Å²) in [5.74, 6) is -1.55. The van der Waals surface area contributed by atoms with Crippen LogP contribution in [-0.4, -0.2) is 65.6 Å². The molecule has 0 heterocycles. The topological polar surface area (TPSA) is 81.1 Å². The lowest BCUT2D eigenvalue weighted by molar-refractivity contribution is -0.137. The maximum Gasteiger partial charge on any atom is 0.323 e. The predicted octanol–water partition coefficient (Wildman–Crippen LogP) is 1.24. The molecule has 0 atom stereocenters. The molecule has 110 valence electrons. The van der Waals surface area contributed by atoms with E-state index in [9.17, 15) is 14.7 Å². The molecule has 0 saturated heterocycles. The number of hydrogen-bond acceptors (Lipinski definition) is 4. The Balaban J connectivity index is 2.90. The summed E-state index contributed by atoms with van der Waals surface area (Å²) in [5, 5.41) is 18.5. The SMILES string of the molecule is CN(C)CCN(CC(=O)O)C(=O)c1ccc(Br)c(O)c1. The maximum absolute atomic E-state index is 12.3. The smallest absolute Gasteiger partial charge is 0.323 e. The van der Waals surface area contributed by atoms with Crippen molar-refractivity contribution >= 4 is 27.8 Å². The van der Waals surface area contributed by atoms with Crippen LogP contribution < -0.4 is 0 Å². The Labute approximate surface area is 125 Å². The second-order valence-electron chi connectivity index (χ2n) is 4.59. The zero-order chi connectivity index (χ0) is 15.3. The number of rotatable bonds is 6. The van der Waals surface area contributed by atoms with Gasteiger partial charge < -0.3 is 20.0 Å². The van der Waals surface area contributed by atoms with E-state index in [0.29, 0.717) is 17.6 Å². The van der Waals surface area contributed by atoms with Gasteiger partial charge in [-0.1, -0.05) is 0 Å². The van der Waals surface area contributed by atoms with Gasteiger partial charge in [0.05, 0.1) is 4.47 Å². The zero-order valence-electron chi connectivity index (χ0n) is 11.3. The molecule has 0 radical (unpaired) electrons. The van der Waals surface area contributed by atoms with Gasteiger partial charge in [-0.3, -0.25) is 9.59 Å². The molecule has 0 fully saturated rings. The summed E-state index contributed by atoms with van der Waals surface area (Å²) >= 11 is 3.13. The summed E-state index contributed by atoms with van der Waals surface area (Å²) in [6.07, 6.45) is 0. The van der Waals surface area contributed by atoms with E-state index in [-0.39, 0.29) is 17.9 Å². The van der Waals surface area contributed by atoms with Crippen LogP contribution in [-0.2, 0) is 4.79 Å². The van der Waals surface area contributed by atoms with Gasteiger partial charge in [0.1, 0.15) is 12.3 Å². The predicted molar refractivity (Wildman–Crippen MR) is 77.9 cm³/mol. The Morgan fingerprint density at radius 2 is 1.90 bits per heavy atom. The first-order valence-corrected chi connectivity index (χ1v) is 6.75. The van der Waals surface area contributed by atoms with Gasteiger partial charge in [0.25, 0.3) is 5.91 Å². The number of carbonyl (C=O) groups excluding carboxylic acids is 1. The van der Waals surface area contributed by atoms with Crippen LogP contribution in [0.5, 0.6) is 5.75 Å². The first-order valence-electron chi connectivity index (χ1n) is 5.95. The van der Waals surface area contributed by atoms with Gasteiger partial charge in [0, 0.05) is 18.7 Å². The zero-order valence-corrected chi connectivity index (χ0v) is 12.9. The minimum atomic E-state index is -1.07. The molecule has 0 aliphatic carbocycles. The van der Waals surface area contributed by atoms with Crippen LogP contribution in [0.4, 0.5) is 0 Å². The molecule has 0 aliphatic heterocycles. The molecule has 1 amide bonds. The second kappa shape index (κ2) is 7.25. The van der Waals surface area contributed by atoms with Crippen molar-refractivity contribution < 1.29 is 19.8 Å². The number of carboxylic acids is 1. The third-order valence-electron chi connectivity index (χ3n) is 2.62. The van der Waals surface area contributed by atoms with Crippen molar-refractivity contribution in [3.05, 3.63) is 28.2 Å². The summed E-state index contributed by atoms with van der Waals surface area (Å²) in [6, 6.07) is 4.40. The number of phenols is 1. The molecule has 0 aromatic heterocycles. The van der Waals surface area contributed by atoms with E-state index in [1.54, 1.807) is 6.07 Å². The largest absolute Gasteiger partial charge is 0.507 e. The van der Waals surface area contributed by atoms with E-state index in [4.69, 9.17) is 5.11 Å². The van der Waals surface area contributed by atoms with Crippen molar-refractivity contribution in [2.75, 3.05) is 33.7 Å². The Bertz CT molecular complexity index is 505. The minimum Gasteiger partial charge on any atom is -0.507 e. The molecule has 20 heavy (non-hydrogen) atoms. The lowest BCUT2D eigenvalue weighted by Gasteiger charge is -2.22. The van der Waals surface area contributed by atoms with E-state index in [1.165, 1.54) is 17.0 Å². The monoisotopic (exact) mass is 344 g/mol. The van der Waals surface area contributed by atoms with Crippen molar-refractivity contribution in [3.8, 4) is 5.75 Å². The molecule has 1 aromatic rings. The minimum absolute atomic E-state index is 0.0567. The average Bonchev–Trinajstić information content (AvgIpc) is 2.36. The molecule has 0 saturated carbocycles. The van der Waals surface area contributed by atoms with E-state index < -0.39 is 11.9 Å². The van der Waals surface area contributed by atoms with Crippen molar-refractivity contribution in [2.24, 2.45) is 0 Å². The molecule has 7 heteroatoms. The Morgan fingerprint density at radius 1 is 1.25 bits per heavy atom. The maximum atomic E-state index is 12.3. The summed E-state index contributed by atoms with van der Waals surface area (Å²) in [6.45, 7) is 0.486. The third-order valence-corrected chi connectivity index (χ3v) is 3.29. The molecule has 1 rings (SSSR count). The number of aliphatic carboxylic acids is 1. The number of hydrogen-bond donors (Lipinski definition) is 2. The van der Waals surface area contributed by atoms with Crippen molar-refractivity contribution in [1.82, 2.24) is 9.80 Å². The number of nitrogens with zero attached hydrogens (tertiary/aromatic N) is 2. The standard InChI is InChI=1S/C13H17BrN2O4/c1-15(2)5-6-16(8-12(18)19)13(20)9-3-4-10(14)11(17)7-9/h3-4,7,17H,5-6,8H2,1-2H3,(H,18,19). The van der Waals surface area contributed by atoms with Crippen LogP contribution in [0.1, 0.15) is 10.4 Å². The summed E-state index contributed by atoms with van der Waals surface area (Å²) < 4.78 is 0.479. The Hall–Kier alpha value is -1.60. The van der Waals surface area contributed by atoms with Crippen LogP contribution in [0, 0.1) is 0 Å². The highest BCUT2D eigenvalue weighted by atomic mass is 79.9. The van der Waals surface area contributed by atoms with Crippen LogP contribution in [0.3, 0.4) is 0 Å². The van der Waals surface area contributed by atoms with Gasteiger partial charge in [-0.05, 0) is 48.2 Å². The number of carbonyl (C=O) groups is 2. The van der Waals surface area contributed by atoms with Gasteiger partial charge in [0.15, 0.2) is 0 Å². The van der Waals surface area contributed by atoms with Crippen LogP contribution in [0.25, 0.3) is 0 Å². The van der Waals surface area contributed by atoms with Crippen molar-refractivity contribution in [1.29, 1.82) is 0 Å². The summed E-state index contributed by atoms with van der Waals surface area (Å²) in [5.41, 5.74) is 0.255. The van der Waals surface area contributed by atoms with Gasteiger partial charge >= 0.3 is 5.97 Å². The highest BCUT2D eigenvalue weighted by Gasteiger charge is 2.19. The molecule has 6 nitrogen and oxygen atoms in total. The fourth-order valence-electron chi connectivity index (χ4n) is 1.56. The highest BCUT2D eigenvalue weighted by molar-refractivity contribution is 9.10. The number of phenolic OH excluding ortho intramolecular Hbond substituents is 1. The number of halogens is 1. The van der Waals surface area contributed by atoms with Gasteiger partial charge in [-0.15, -0.1) is 0 Å². The summed E-state index contributed by atoms with van der Waals surface area (Å²) in [4.78, 5) is 26.2. The lowest BCUT2D eigenvalue weighted by Crippen LogP contribution is -2.40. The lowest BCUT2D eigenvalue weighted by atomic mass is 10.2. The highest BCUT2D eigenvalue weighted by Crippen LogP contribution is 2.24. The summed E-state index contributed by atoms with van der Waals surface area (Å²) in [7, 11) is 3.68. The molecule has 1 aromatic carbocycles. The fraction of sp³-hybridized carbons (Fsp3) is 0.385.